The zero-order valence-corrected chi connectivity index (χ0v) is 15.5. The van der Waals surface area contributed by atoms with Crippen LogP contribution < -0.4 is 14.8 Å². The molecule has 1 N–H and O–H groups in total. The number of para-hydroxylation sites is 2. The summed E-state index contributed by atoms with van der Waals surface area (Å²) in [4.78, 5) is 23.4. The second-order valence-corrected chi connectivity index (χ2v) is 8.75. The minimum Gasteiger partial charge on any atom is -0.365 e. The molecule has 24 heavy (non-hydrogen) atoms. The molecule has 0 saturated heterocycles. The summed E-state index contributed by atoms with van der Waals surface area (Å²) in [5.74, 6) is 1.19. The summed E-state index contributed by atoms with van der Waals surface area (Å²) in [6.07, 6.45) is 0. The van der Waals surface area contributed by atoms with E-state index in [1.165, 1.54) is 6.92 Å². The first-order valence-corrected chi connectivity index (χ1v) is 9.96. The first-order valence-electron chi connectivity index (χ1n) is 7.02. The molecule has 0 spiro atoms. The lowest BCUT2D eigenvalue weighted by Gasteiger charge is -2.18. The van der Waals surface area contributed by atoms with Gasteiger partial charge in [-0.3, -0.25) is 9.88 Å². The molecule has 0 saturated carbocycles. The summed E-state index contributed by atoms with van der Waals surface area (Å²) in [7, 11) is -0.671. The van der Waals surface area contributed by atoms with Crippen LogP contribution in [0.1, 0.15) is 6.92 Å². The summed E-state index contributed by atoms with van der Waals surface area (Å²) in [5, 5.41) is 2.89. The van der Waals surface area contributed by atoms with Crippen molar-refractivity contribution in [2.24, 2.45) is 0 Å². The number of amides is 1. The number of carbonyl (C=O) groups excluding carboxylic acids is 1. The van der Waals surface area contributed by atoms with Gasteiger partial charge in [0.1, 0.15) is 0 Å². The Bertz CT molecular complexity index is 777. The maximum atomic E-state index is 11.6. The number of hydrogen-bond acceptors (Lipinski definition) is 4. The third-order valence-electron chi connectivity index (χ3n) is 2.71. The van der Waals surface area contributed by atoms with Crippen molar-refractivity contribution in [2.45, 2.75) is 6.92 Å². The fourth-order valence-corrected chi connectivity index (χ4v) is 6.07. The lowest BCUT2D eigenvalue weighted by atomic mass is 10.3. The molecule has 3 aromatic rings. The van der Waals surface area contributed by atoms with Crippen molar-refractivity contribution < 1.29 is 14.5 Å². The second-order valence-electron chi connectivity index (χ2n) is 4.58. The SMILES string of the molecule is CC(=O)Np1n(Oc2ccccc2)pn[pH]n1Oc1ccccc1. The van der Waals surface area contributed by atoms with E-state index in [1.54, 1.807) is 8.51 Å². The van der Waals surface area contributed by atoms with Gasteiger partial charge in [-0.1, -0.05) is 40.7 Å². The summed E-state index contributed by atoms with van der Waals surface area (Å²) in [6, 6.07) is 18.7. The van der Waals surface area contributed by atoms with Crippen molar-refractivity contribution in [3.05, 3.63) is 60.7 Å². The van der Waals surface area contributed by atoms with Crippen molar-refractivity contribution in [3.63, 3.8) is 0 Å². The molecule has 1 aromatic heterocycles. The highest BCUT2D eigenvalue weighted by atomic mass is 31.2. The molecule has 0 radical (unpaired) electrons. The van der Waals surface area contributed by atoms with Crippen LogP contribution in [0.4, 0.5) is 0 Å². The zero-order chi connectivity index (χ0) is 16.8. The van der Waals surface area contributed by atoms with Gasteiger partial charge in [0.15, 0.2) is 20.0 Å². The van der Waals surface area contributed by atoms with Crippen molar-refractivity contribution in [1.29, 1.82) is 0 Å². The largest absolute Gasteiger partial charge is 0.365 e. The molecule has 10 heteroatoms. The highest BCUT2D eigenvalue weighted by Gasteiger charge is 2.11. The number of nitrogens with one attached hydrogen (secondary N) is 1. The number of benzene rings is 2. The van der Waals surface area contributed by atoms with Gasteiger partial charge in [-0.05, 0) is 24.3 Å². The maximum Gasteiger partial charge on any atom is 0.226 e. The molecule has 124 valence electrons. The van der Waals surface area contributed by atoms with Crippen LogP contribution in [0.5, 0.6) is 11.5 Å². The molecule has 0 aliphatic heterocycles. The van der Waals surface area contributed by atoms with Gasteiger partial charge in [0.05, 0.1) is 8.51 Å². The van der Waals surface area contributed by atoms with Gasteiger partial charge in [-0.25, -0.2) is 0 Å². The fourth-order valence-electron chi connectivity index (χ4n) is 1.75. The van der Waals surface area contributed by atoms with Gasteiger partial charge in [0, 0.05) is 6.92 Å². The van der Waals surface area contributed by atoms with Gasteiger partial charge in [-0.2, -0.15) is 4.51 Å². The third-order valence-corrected chi connectivity index (χ3v) is 6.85. The van der Waals surface area contributed by atoms with Crippen LogP contribution in [-0.2, 0) is 4.79 Å². The van der Waals surface area contributed by atoms with E-state index in [-0.39, 0.29) is 14.4 Å². The average molecular weight is 380 g/mol. The molecular weight excluding hydrogens is 365 g/mol. The minimum absolute atomic E-state index is 0.0610. The first-order chi connectivity index (χ1) is 11.7. The molecule has 1 amide bonds. The number of aromatic nitrogens is 3. The number of rotatable bonds is 5. The van der Waals surface area contributed by atoms with E-state index in [0.29, 0.717) is 20.0 Å². The van der Waals surface area contributed by atoms with Gasteiger partial charge >= 0.3 is 0 Å². The Balaban J connectivity index is 1.96. The maximum absolute atomic E-state index is 11.6. The Kier molecular flexibility index (Phi) is 5.60. The molecule has 0 bridgehead atoms. The second kappa shape index (κ2) is 8.07. The van der Waals surface area contributed by atoms with E-state index in [0.717, 1.165) is 0 Å². The Morgan fingerprint density at radius 3 is 2.25 bits per heavy atom. The molecule has 0 aliphatic carbocycles. The Morgan fingerprint density at radius 2 is 1.67 bits per heavy atom. The predicted molar refractivity (Wildman–Crippen MR) is 97.5 cm³/mol. The average Bonchev–Trinajstić information content (AvgIpc) is 2.59. The summed E-state index contributed by atoms with van der Waals surface area (Å²) < 4.78 is 7.60. The Hall–Kier alpha value is -2.19. The van der Waals surface area contributed by atoms with Crippen molar-refractivity contribution in [2.75, 3.05) is 5.09 Å². The van der Waals surface area contributed by atoms with Gasteiger partial charge < -0.3 is 9.68 Å². The van der Waals surface area contributed by atoms with E-state index in [1.807, 2.05) is 60.7 Å². The van der Waals surface area contributed by atoms with Crippen LogP contribution in [-0.4, -0.2) is 18.9 Å². The molecule has 2 unspecified atom stereocenters. The Morgan fingerprint density at radius 1 is 1.08 bits per heavy atom. The molecule has 0 aliphatic rings. The zero-order valence-electron chi connectivity index (χ0n) is 12.7. The van der Waals surface area contributed by atoms with Crippen LogP contribution in [0, 0.1) is 0 Å². The van der Waals surface area contributed by atoms with Crippen LogP contribution in [0.25, 0.3) is 0 Å². The van der Waals surface area contributed by atoms with E-state index in [2.05, 4.69) is 9.60 Å². The van der Waals surface area contributed by atoms with E-state index < -0.39 is 8.00 Å². The standard InChI is InChI=1S/C14H15N4O3P3/c1-12(19)15-24-17(20-13-8-4-2-5-9-13)22-16-23-18(24)21-14-10-6-3-7-11-14/h2-11,22H,1H3,(H,15,19). The predicted octanol–water partition coefficient (Wildman–Crippen LogP) is 4.18. The monoisotopic (exact) mass is 380 g/mol. The van der Waals surface area contributed by atoms with Crippen LogP contribution >= 0.6 is 25.0 Å². The molecule has 3 rings (SSSR count). The van der Waals surface area contributed by atoms with Crippen LogP contribution in [0.2, 0.25) is 0 Å². The highest BCUT2D eigenvalue weighted by molar-refractivity contribution is 7.55. The summed E-state index contributed by atoms with van der Waals surface area (Å²) in [6.45, 7) is 1.47. The lowest BCUT2D eigenvalue weighted by Crippen LogP contribution is -2.16. The van der Waals surface area contributed by atoms with Crippen molar-refractivity contribution in [3.8, 4) is 11.5 Å². The molecule has 7 nitrogen and oxygen atoms in total. The molecule has 2 atom stereocenters. The third kappa shape index (κ3) is 4.42. The van der Waals surface area contributed by atoms with E-state index >= 15 is 0 Å². The van der Waals surface area contributed by atoms with Gasteiger partial charge in [0.25, 0.3) is 0 Å². The minimum atomic E-state index is -1.36. The van der Waals surface area contributed by atoms with Gasteiger partial charge in [-0.15, -0.1) is 4.26 Å². The quantitative estimate of drug-likeness (QED) is 0.721. The van der Waals surface area contributed by atoms with E-state index in [9.17, 15) is 4.79 Å². The van der Waals surface area contributed by atoms with Crippen LogP contribution in [0.15, 0.2) is 60.7 Å². The molecule has 0 fully saturated rings. The fraction of sp³-hybridized carbons (Fsp3) is 0.0714. The van der Waals surface area contributed by atoms with Crippen molar-refractivity contribution in [1.82, 2.24) is 13.0 Å². The van der Waals surface area contributed by atoms with Crippen molar-refractivity contribution >= 4 is 30.9 Å². The highest BCUT2D eigenvalue weighted by Crippen LogP contribution is 2.31. The topological polar surface area (TPSA) is 70.3 Å². The molecular formula is C14H15N4O3P3. The normalized spacial score (nSPS) is 11.5. The first kappa shape index (κ1) is 16.7. The number of carbonyl (C=O) groups is 1. The number of hydrogen-bond donors (Lipinski definition) is 1. The molecule has 1 heterocycles. The van der Waals surface area contributed by atoms with E-state index in [4.69, 9.17) is 9.68 Å². The summed E-state index contributed by atoms with van der Waals surface area (Å²) >= 11 is 0. The summed E-state index contributed by atoms with van der Waals surface area (Å²) in [5.41, 5.74) is 0. The Labute approximate surface area is 143 Å². The molecule has 2 aromatic carbocycles. The lowest BCUT2D eigenvalue weighted by molar-refractivity contribution is -0.113. The van der Waals surface area contributed by atoms with Crippen LogP contribution in [0.3, 0.4) is 0 Å². The van der Waals surface area contributed by atoms with Gasteiger partial charge in [0.2, 0.25) is 13.9 Å². The smallest absolute Gasteiger partial charge is 0.226 e. The number of nitrogens with zero attached hydrogens (tertiary/aromatic N) is 3.